The van der Waals surface area contributed by atoms with Crippen molar-refractivity contribution >= 4 is 29.2 Å². The van der Waals surface area contributed by atoms with Gasteiger partial charge in [0.25, 0.3) is 5.91 Å². The molecular formula is C13H15ClN2O5. The van der Waals surface area contributed by atoms with Gasteiger partial charge in [-0.25, -0.2) is 0 Å². The Morgan fingerprint density at radius 1 is 1.48 bits per heavy atom. The fourth-order valence-electron chi connectivity index (χ4n) is 1.81. The quantitative estimate of drug-likeness (QED) is 0.642. The molecule has 0 aliphatic rings. The van der Waals surface area contributed by atoms with Gasteiger partial charge in [-0.3, -0.25) is 19.7 Å². The number of amides is 1. The molecule has 1 N–H and O–H groups in total. The van der Waals surface area contributed by atoms with Crippen molar-refractivity contribution in [2.75, 3.05) is 13.1 Å². The van der Waals surface area contributed by atoms with E-state index in [2.05, 4.69) is 0 Å². The van der Waals surface area contributed by atoms with Gasteiger partial charge in [-0.2, -0.15) is 0 Å². The van der Waals surface area contributed by atoms with Crippen LogP contribution in [0.5, 0.6) is 0 Å². The van der Waals surface area contributed by atoms with Crippen molar-refractivity contribution < 1.29 is 19.6 Å². The predicted molar refractivity (Wildman–Crippen MR) is 76.5 cm³/mol. The number of hydrogen-bond acceptors (Lipinski definition) is 4. The van der Waals surface area contributed by atoms with E-state index in [1.165, 1.54) is 30.0 Å². The summed E-state index contributed by atoms with van der Waals surface area (Å²) in [7, 11) is 0. The SMILES string of the molecule is CCN(CC(C)C(=O)O)C(=O)c1cccc(Cl)c1[N+](=O)[O-]. The number of benzene rings is 1. The van der Waals surface area contributed by atoms with E-state index in [-0.39, 0.29) is 23.7 Å². The summed E-state index contributed by atoms with van der Waals surface area (Å²) in [4.78, 5) is 34.8. The van der Waals surface area contributed by atoms with Gasteiger partial charge >= 0.3 is 11.7 Å². The summed E-state index contributed by atoms with van der Waals surface area (Å²) in [5.74, 6) is -2.42. The van der Waals surface area contributed by atoms with Crippen LogP contribution in [0.3, 0.4) is 0 Å². The molecule has 0 fully saturated rings. The van der Waals surface area contributed by atoms with Crippen LogP contribution in [0.15, 0.2) is 18.2 Å². The van der Waals surface area contributed by atoms with Crippen LogP contribution in [-0.4, -0.2) is 39.9 Å². The van der Waals surface area contributed by atoms with Gasteiger partial charge in [0.15, 0.2) is 0 Å². The Morgan fingerprint density at radius 2 is 2.10 bits per heavy atom. The molecule has 1 amide bonds. The molecule has 0 bridgehead atoms. The number of carboxylic acids is 1. The number of carboxylic acid groups (broad SMARTS) is 1. The number of carbonyl (C=O) groups excluding carboxylic acids is 1. The lowest BCUT2D eigenvalue weighted by Gasteiger charge is -2.22. The molecule has 0 saturated heterocycles. The molecule has 0 saturated carbocycles. The maximum absolute atomic E-state index is 12.4. The van der Waals surface area contributed by atoms with Gasteiger partial charge in [-0.15, -0.1) is 0 Å². The highest BCUT2D eigenvalue weighted by Crippen LogP contribution is 2.29. The number of nitrogens with zero attached hydrogens (tertiary/aromatic N) is 2. The van der Waals surface area contributed by atoms with Gasteiger partial charge in [0.05, 0.1) is 10.8 Å². The fraction of sp³-hybridized carbons (Fsp3) is 0.385. The molecule has 0 aliphatic heterocycles. The van der Waals surface area contributed by atoms with Crippen LogP contribution in [0.4, 0.5) is 5.69 Å². The third-order valence-electron chi connectivity index (χ3n) is 2.98. The maximum atomic E-state index is 12.4. The van der Waals surface area contributed by atoms with E-state index in [9.17, 15) is 19.7 Å². The molecular weight excluding hydrogens is 300 g/mol. The summed E-state index contributed by atoms with van der Waals surface area (Å²) in [6, 6.07) is 4.07. The van der Waals surface area contributed by atoms with Gasteiger partial charge in [-0.1, -0.05) is 24.6 Å². The van der Waals surface area contributed by atoms with Crippen LogP contribution < -0.4 is 0 Å². The monoisotopic (exact) mass is 314 g/mol. The summed E-state index contributed by atoms with van der Waals surface area (Å²) in [5.41, 5.74) is -0.613. The Bertz CT molecular complexity index is 576. The molecule has 1 unspecified atom stereocenters. The van der Waals surface area contributed by atoms with E-state index in [4.69, 9.17) is 16.7 Å². The first-order valence-corrected chi connectivity index (χ1v) is 6.62. The van der Waals surface area contributed by atoms with Gasteiger partial charge in [-0.05, 0) is 19.1 Å². The number of halogens is 1. The summed E-state index contributed by atoms with van der Waals surface area (Å²) >= 11 is 5.77. The molecule has 0 spiro atoms. The van der Waals surface area contributed by atoms with E-state index in [1.807, 2.05) is 0 Å². The topological polar surface area (TPSA) is 101 Å². The van der Waals surface area contributed by atoms with Gasteiger partial charge < -0.3 is 10.0 Å². The highest BCUT2D eigenvalue weighted by Gasteiger charge is 2.28. The van der Waals surface area contributed by atoms with Crippen molar-refractivity contribution in [2.24, 2.45) is 5.92 Å². The molecule has 1 atom stereocenters. The number of nitro benzene ring substituents is 1. The second-order valence-electron chi connectivity index (χ2n) is 4.48. The number of nitro groups is 1. The zero-order valence-corrected chi connectivity index (χ0v) is 12.3. The second-order valence-corrected chi connectivity index (χ2v) is 4.88. The van der Waals surface area contributed by atoms with Crippen LogP contribution in [-0.2, 0) is 4.79 Å². The minimum atomic E-state index is -1.04. The Balaban J connectivity index is 3.14. The molecule has 114 valence electrons. The molecule has 1 aromatic rings. The lowest BCUT2D eigenvalue weighted by Crippen LogP contribution is -2.37. The smallest absolute Gasteiger partial charge is 0.308 e. The number of aliphatic carboxylic acids is 1. The summed E-state index contributed by atoms with van der Waals surface area (Å²) in [5, 5.41) is 19.8. The predicted octanol–water partition coefficient (Wildman–Crippen LogP) is 2.43. The lowest BCUT2D eigenvalue weighted by molar-refractivity contribution is -0.385. The van der Waals surface area contributed by atoms with Crippen LogP contribution in [0.1, 0.15) is 24.2 Å². The average molecular weight is 315 g/mol. The highest BCUT2D eigenvalue weighted by atomic mass is 35.5. The minimum absolute atomic E-state index is 0.0334. The molecule has 0 aliphatic carbocycles. The van der Waals surface area contributed by atoms with Crippen LogP contribution in [0.2, 0.25) is 5.02 Å². The number of rotatable bonds is 6. The van der Waals surface area contributed by atoms with Crippen LogP contribution in [0, 0.1) is 16.0 Å². The first kappa shape index (κ1) is 16.9. The first-order chi connectivity index (χ1) is 9.79. The third kappa shape index (κ3) is 3.91. The molecule has 0 heterocycles. The Morgan fingerprint density at radius 3 is 2.57 bits per heavy atom. The van der Waals surface area contributed by atoms with Crippen molar-refractivity contribution in [2.45, 2.75) is 13.8 Å². The Labute approximate surface area is 126 Å². The highest BCUT2D eigenvalue weighted by molar-refractivity contribution is 6.33. The largest absolute Gasteiger partial charge is 0.481 e. The Kier molecular flexibility index (Phi) is 5.66. The van der Waals surface area contributed by atoms with Crippen molar-refractivity contribution in [3.8, 4) is 0 Å². The zero-order valence-electron chi connectivity index (χ0n) is 11.6. The average Bonchev–Trinajstić information content (AvgIpc) is 2.42. The van der Waals surface area contributed by atoms with Gasteiger partial charge in [0.2, 0.25) is 0 Å². The van der Waals surface area contributed by atoms with Crippen molar-refractivity contribution in [3.05, 3.63) is 38.9 Å². The van der Waals surface area contributed by atoms with Crippen LogP contribution >= 0.6 is 11.6 Å². The summed E-state index contributed by atoms with van der Waals surface area (Å²) < 4.78 is 0. The second kappa shape index (κ2) is 7.03. The zero-order chi connectivity index (χ0) is 16.2. The maximum Gasteiger partial charge on any atom is 0.308 e. The Hall–Kier alpha value is -2.15. The molecule has 7 nitrogen and oxygen atoms in total. The van der Waals surface area contributed by atoms with Crippen LogP contribution in [0.25, 0.3) is 0 Å². The molecule has 1 rings (SSSR count). The number of hydrogen-bond donors (Lipinski definition) is 1. The van der Waals surface area contributed by atoms with Crippen molar-refractivity contribution in [1.82, 2.24) is 4.90 Å². The minimum Gasteiger partial charge on any atom is -0.481 e. The molecule has 0 aromatic heterocycles. The van der Waals surface area contributed by atoms with Gasteiger partial charge in [0, 0.05) is 13.1 Å². The summed E-state index contributed by atoms with van der Waals surface area (Å²) in [6.07, 6.45) is 0. The normalized spacial score (nSPS) is 11.8. The standard InChI is InChI=1S/C13H15ClN2O5/c1-3-15(7-8(2)13(18)19)12(17)9-5-4-6-10(14)11(9)16(20)21/h4-6,8H,3,7H2,1-2H3,(H,18,19). The molecule has 8 heteroatoms. The van der Waals surface area contributed by atoms with Gasteiger partial charge in [0.1, 0.15) is 10.6 Å². The lowest BCUT2D eigenvalue weighted by atomic mass is 10.1. The number of para-hydroxylation sites is 1. The molecule has 21 heavy (non-hydrogen) atoms. The first-order valence-electron chi connectivity index (χ1n) is 6.24. The van der Waals surface area contributed by atoms with E-state index in [0.29, 0.717) is 0 Å². The van der Waals surface area contributed by atoms with E-state index in [0.717, 1.165) is 0 Å². The number of carbonyl (C=O) groups is 2. The van der Waals surface area contributed by atoms with E-state index in [1.54, 1.807) is 6.92 Å². The molecule has 1 aromatic carbocycles. The molecule has 0 radical (unpaired) electrons. The van der Waals surface area contributed by atoms with Crippen molar-refractivity contribution in [3.63, 3.8) is 0 Å². The van der Waals surface area contributed by atoms with Crippen molar-refractivity contribution in [1.29, 1.82) is 0 Å². The van der Waals surface area contributed by atoms with E-state index >= 15 is 0 Å². The van der Waals surface area contributed by atoms with E-state index < -0.39 is 28.4 Å². The third-order valence-corrected chi connectivity index (χ3v) is 3.29. The summed E-state index contributed by atoms with van der Waals surface area (Å²) in [6.45, 7) is 3.34. The fourth-order valence-corrected chi connectivity index (χ4v) is 2.05.